The number of rotatable bonds is 0. The first-order valence-corrected chi connectivity index (χ1v) is 0.775. The Morgan fingerprint density at radius 1 is 1.00 bits per heavy atom. The molecule has 0 saturated heterocycles. The van der Waals surface area contributed by atoms with Crippen LogP contribution in [0.2, 0.25) is 0 Å². The number of hydrogen-bond donors (Lipinski definition) is 3. The molecule has 4 nitrogen and oxygen atoms in total. The molecule has 0 aromatic carbocycles. The largest absolute Gasteiger partial charge is 0 e. The van der Waals surface area contributed by atoms with E-state index in [2.05, 4.69) is 0 Å². The third-order valence-electron chi connectivity index (χ3n) is 0. The summed E-state index contributed by atoms with van der Waals surface area (Å²) in [6.45, 7) is 0. The van der Waals surface area contributed by atoms with Crippen LogP contribution in [0, 0.1) is 39.9 Å². The Kier molecular flexibility index (Phi) is 83.9. The van der Waals surface area contributed by atoms with Gasteiger partial charge in [-0.25, -0.2) is 0 Å². The third kappa shape index (κ3) is 54.9. The Morgan fingerprint density at radius 3 is 1.00 bits per heavy atom. The van der Waals surface area contributed by atoms with Crippen molar-refractivity contribution < 1.29 is 93.2 Å². The summed E-state index contributed by atoms with van der Waals surface area (Å²) in [5.74, 6) is 0. The summed E-state index contributed by atoms with van der Waals surface area (Å²) in [6, 6.07) is 0. The van der Waals surface area contributed by atoms with Crippen LogP contribution in [-0.4, -0.2) is 65.6 Å². The Morgan fingerprint density at radius 2 is 1.00 bits per heavy atom. The van der Waals surface area contributed by atoms with Gasteiger partial charge in [0.2, 0.25) is 0 Å². The van der Waals surface area contributed by atoms with Gasteiger partial charge in [-0.15, -0.1) is 0 Å². The fourth-order valence-electron chi connectivity index (χ4n) is 0. The van der Waals surface area contributed by atoms with Gasteiger partial charge < -0.3 is 20.5 Å². The molecule has 0 amide bonds. The van der Waals surface area contributed by atoms with Crippen LogP contribution < -0.4 is 0 Å². The van der Waals surface area contributed by atoms with Crippen molar-refractivity contribution in [1.82, 2.24) is 0 Å². The van der Waals surface area contributed by atoms with E-state index in [4.69, 9.17) is 15.1 Å². The molecule has 5 N–H and O–H groups in total. The maximum Gasteiger partial charge on any atom is 0 e. The van der Waals surface area contributed by atoms with E-state index in [1.807, 2.05) is 0 Å². The zero-order valence-corrected chi connectivity index (χ0v) is 8.46. The van der Waals surface area contributed by atoms with Gasteiger partial charge in [0, 0.05) is 72.6 Å². The van der Waals surface area contributed by atoms with Gasteiger partial charge >= 0.3 is 45.1 Å². The summed E-state index contributed by atoms with van der Waals surface area (Å²) in [5.41, 5.74) is 0. The molecule has 0 aliphatic rings. The van der Waals surface area contributed by atoms with Crippen molar-refractivity contribution in [3.63, 3.8) is 0 Å². The topological polar surface area (TPSA) is 92.2 Å². The van der Waals surface area contributed by atoms with E-state index < -0.39 is 7.32 Å². The molecule has 47 valence electrons. The minimum absolute atomic E-state index is 0. The van der Waals surface area contributed by atoms with E-state index in [0.29, 0.717) is 0 Å². The van der Waals surface area contributed by atoms with Crippen LogP contribution >= 0.6 is 0 Å². The van der Waals surface area contributed by atoms with Crippen LogP contribution in [0.1, 0.15) is 0 Å². The molecular formula is H7BCaGdO4Y. The van der Waals surface area contributed by atoms with Gasteiger partial charge in [0.25, 0.3) is 0 Å². The minimum Gasteiger partial charge on any atom is 0 e. The second-order valence-electron chi connectivity index (χ2n) is 0.346. The fourth-order valence-corrected chi connectivity index (χ4v) is 0. The minimum atomic E-state index is -2.17. The predicted molar refractivity (Wildman–Crippen MR) is 24.6 cm³/mol. The molecule has 0 unspecified atom stereocenters. The van der Waals surface area contributed by atoms with Crippen molar-refractivity contribution in [1.29, 1.82) is 0 Å². The molecule has 0 bridgehead atoms. The molecule has 0 aromatic rings. The molecule has 0 rings (SSSR count). The summed E-state index contributed by atoms with van der Waals surface area (Å²) in [5, 5.41) is 21.5. The Hall–Kier alpha value is 3.59. The van der Waals surface area contributed by atoms with Crippen molar-refractivity contribution in [2.45, 2.75) is 0 Å². The molecule has 0 heterocycles. The Bertz CT molecular complexity index is 20.8. The fraction of sp³-hybridized carbons (Fsp3) is 0. The van der Waals surface area contributed by atoms with E-state index in [0.717, 1.165) is 0 Å². The van der Waals surface area contributed by atoms with Gasteiger partial charge in [0.15, 0.2) is 0 Å². The Labute approximate surface area is 135 Å². The van der Waals surface area contributed by atoms with Gasteiger partial charge in [0.1, 0.15) is 0 Å². The van der Waals surface area contributed by atoms with Gasteiger partial charge in [-0.1, -0.05) is 0 Å². The zero-order chi connectivity index (χ0) is 3.58. The van der Waals surface area contributed by atoms with Crippen molar-refractivity contribution in [3.8, 4) is 0 Å². The van der Waals surface area contributed by atoms with Crippen molar-refractivity contribution in [2.24, 2.45) is 0 Å². The third-order valence-corrected chi connectivity index (χ3v) is 0. The Balaban J connectivity index is -0.00000000750. The van der Waals surface area contributed by atoms with Crippen LogP contribution in [0.5, 0.6) is 0 Å². The van der Waals surface area contributed by atoms with E-state index in [9.17, 15) is 0 Å². The van der Waals surface area contributed by atoms with E-state index in [1.165, 1.54) is 0 Å². The van der Waals surface area contributed by atoms with Crippen molar-refractivity contribution >= 4 is 45.1 Å². The first-order valence-electron chi connectivity index (χ1n) is 0.775. The summed E-state index contributed by atoms with van der Waals surface area (Å²) in [4.78, 5) is 0. The molecule has 8 heavy (non-hydrogen) atoms. The van der Waals surface area contributed by atoms with Crippen molar-refractivity contribution in [2.75, 3.05) is 0 Å². The smallest absolute Gasteiger partial charge is 0 e. The molecular weight excluding hydrogens is 361 g/mol. The quantitative estimate of drug-likeness (QED) is 0.383. The van der Waals surface area contributed by atoms with Crippen LogP contribution in [0.3, 0.4) is 0 Å². The van der Waals surface area contributed by atoms with E-state index >= 15 is 0 Å². The van der Waals surface area contributed by atoms with Gasteiger partial charge in [-0.05, 0) is 0 Å². The van der Waals surface area contributed by atoms with Gasteiger partial charge in [-0.3, -0.25) is 0 Å². The first-order chi connectivity index (χ1) is 1.73. The molecule has 0 aromatic heterocycles. The summed E-state index contributed by atoms with van der Waals surface area (Å²) in [7, 11) is -2.17. The second-order valence-corrected chi connectivity index (χ2v) is 0.346. The molecule has 0 aliphatic heterocycles. The van der Waals surface area contributed by atoms with Crippen molar-refractivity contribution in [3.05, 3.63) is 0 Å². The monoisotopic (exact) mass is 369 g/mol. The molecule has 0 atom stereocenters. The molecule has 0 spiro atoms. The molecule has 0 fully saturated rings. The molecule has 0 saturated carbocycles. The van der Waals surface area contributed by atoms with E-state index in [-0.39, 0.29) is 116 Å². The van der Waals surface area contributed by atoms with Gasteiger partial charge in [0.05, 0.1) is 0 Å². The standard InChI is InChI=1S/BH3O3.Ca.Gd.H2O.Y.2H/c2-1(3)4;;;;;;/h2-4H;;;1H2;;;. The SMILES string of the molecule is O.OB(O)O.[CaH2].[Gd].[Y]. The second kappa shape index (κ2) is 22.4. The maximum atomic E-state index is 7.17. The van der Waals surface area contributed by atoms with Crippen LogP contribution in [0.15, 0.2) is 0 Å². The molecule has 0 aliphatic carbocycles. The molecule has 1 radical (unpaired) electrons. The summed E-state index contributed by atoms with van der Waals surface area (Å²) in [6.07, 6.45) is 0. The average Bonchev–Trinajstić information content (AvgIpc) is 0.811. The number of hydrogen-bond acceptors (Lipinski definition) is 3. The predicted octanol–water partition coefficient (Wildman–Crippen LogP) is -3.80. The normalized spacial score (nSPS) is 3.38. The summed E-state index contributed by atoms with van der Waals surface area (Å²) < 4.78 is 0. The van der Waals surface area contributed by atoms with Crippen LogP contribution in [-0.2, 0) is 32.7 Å². The van der Waals surface area contributed by atoms with Crippen LogP contribution in [0.4, 0.5) is 0 Å². The summed E-state index contributed by atoms with van der Waals surface area (Å²) >= 11 is 0. The zero-order valence-electron chi connectivity index (χ0n) is 3.35. The van der Waals surface area contributed by atoms with Gasteiger partial charge in [-0.2, -0.15) is 0 Å². The molecule has 8 heteroatoms. The average molecular weight is 368 g/mol. The maximum absolute atomic E-state index is 7.17. The first kappa shape index (κ1) is 29.9. The van der Waals surface area contributed by atoms with E-state index in [1.54, 1.807) is 0 Å². The van der Waals surface area contributed by atoms with Crippen LogP contribution in [0.25, 0.3) is 0 Å².